The molecule has 9 atom stereocenters. The van der Waals surface area contributed by atoms with Gasteiger partial charge >= 0.3 is 5.97 Å². The SMILES string of the molecule is CC1(C)CC[C@]23CC[C@]4(C)[C@H](CC[C@H]5[C@@]6(C)CCC(=O)C(C)(C)[C@@H]6CC[C@]54C)[C@H]2[C@H]1OC3=O. The van der Waals surface area contributed by atoms with Crippen molar-refractivity contribution >= 4 is 11.8 Å². The first-order valence-corrected chi connectivity index (χ1v) is 14.0. The van der Waals surface area contributed by atoms with Crippen molar-refractivity contribution in [1.29, 1.82) is 0 Å². The fraction of sp³-hybridized carbons (Fsp3) is 0.933. The third kappa shape index (κ3) is 2.39. The summed E-state index contributed by atoms with van der Waals surface area (Å²) in [4.78, 5) is 26.3. The maximum atomic E-state index is 13.3. The van der Waals surface area contributed by atoms with Gasteiger partial charge in [0.25, 0.3) is 0 Å². The van der Waals surface area contributed by atoms with Gasteiger partial charge in [-0.1, -0.05) is 48.5 Å². The van der Waals surface area contributed by atoms with E-state index in [9.17, 15) is 9.59 Å². The Hall–Kier alpha value is -0.860. The van der Waals surface area contributed by atoms with Crippen LogP contribution in [0.4, 0.5) is 0 Å². The van der Waals surface area contributed by atoms with Gasteiger partial charge in [-0.25, -0.2) is 0 Å². The Morgan fingerprint density at radius 1 is 0.727 bits per heavy atom. The van der Waals surface area contributed by atoms with E-state index in [1.54, 1.807) is 0 Å². The summed E-state index contributed by atoms with van der Waals surface area (Å²) in [7, 11) is 0. The number of carbonyl (C=O) groups is 2. The Morgan fingerprint density at radius 2 is 1.42 bits per heavy atom. The van der Waals surface area contributed by atoms with Gasteiger partial charge in [0.1, 0.15) is 11.9 Å². The number of esters is 1. The summed E-state index contributed by atoms with van der Waals surface area (Å²) in [6.45, 7) is 17.0. The predicted molar refractivity (Wildman–Crippen MR) is 129 cm³/mol. The molecule has 1 aliphatic heterocycles. The Bertz CT molecular complexity index is 918. The highest BCUT2D eigenvalue weighted by Gasteiger charge is 2.75. The van der Waals surface area contributed by atoms with E-state index in [1.165, 1.54) is 32.1 Å². The third-order valence-corrected chi connectivity index (χ3v) is 13.8. The molecule has 33 heavy (non-hydrogen) atoms. The number of hydrogen-bond donors (Lipinski definition) is 0. The largest absolute Gasteiger partial charge is 0.461 e. The lowest BCUT2D eigenvalue weighted by atomic mass is 9.31. The van der Waals surface area contributed by atoms with Crippen LogP contribution in [0.25, 0.3) is 0 Å². The summed E-state index contributed by atoms with van der Waals surface area (Å²) in [6, 6.07) is 0. The molecule has 2 bridgehead atoms. The molecule has 184 valence electrons. The molecular weight excluding hydrogens is 408 g/mol. The van der Waals surface area contributed by atoms with E-state index in [1.807, 2.05) is 0 Å². The fourth-order valence-electron chi connectivity index (χ4n) is 11.6. The van der Waals surface area contributed by atoms with Crippen LogP contribution in [0.1, 0.15) is 113 Å². The molecule has 5 aliphatic carbocycles. The van der Waals surface area contributed by atoms with E-state index in [-0.39, 0.29) is 44.6 Å². The Kier molecular flexibility index (Phi) is 4.30. The van der Waals surface area contributed by atoms with Gasteiger partial charge in [0.2, 0.25) is 0 Å². The van der Waals surface area contributed by atoms with Crippen molar-refractivity contribution in [3.05, 3.63) is 0 Å². The van der Waals surface area contributed by atoms with Crippen LogP contribution in [0.2, 0.25) is 0 Å². The summed E-state index contributed by atoms with van der Waals surface area (Å²) >= 11 is 0. The molecular formula is C30H46O3. The molecule has 1 heterocycles. The number of Topliss-reactive ketones (excluding diaryl/α,β-unsaturated/α-hetero) is 1. The summed E-state index contributed by atoms with van der Waals surface area (Å²) in [6.07, 6.45) is 11.2. The lowest BCUT2D eigenvalue weighted by molar-refractivity contribution is -0.239. The second-order valence-corrected chi connectivity index (χ2v) is 15.3. The molecule has 0 aromatic heterocycles. The van der Waals surface area contributed by atoms with Gasteiger partial charge in [-0.05, 0) is 91.8 Å². The molecule has 0 aromatic rings. The molecule has 6 aliphatic rings. The van der Waals surface area contributed by atoms with Gasteiger partial charge in [-0.15, -0.1) is 0 Å². The molecule has 3 heteroatoms. The first-order valence-electron chi connectivity index (χ1n) is 14.0. The number of carbonyl (C=O) groups excluding carboxylic acids is 2. The normalized spacial score (nSPS) is 56.2. The molecule has 3 nitrogen and oxygen atoms in total. The molecule has 1 saturated heterocycles. The van der Waals surface area contributed by atoms with Crippen LogP contribution in [0.5, 0.6) is 0 Å². The second-order valence-electron chi connectivity index (χ2n) is 15.3. The standard InChI is InChI=1S/C30H46O3/c1-25(2)14-16-30-17-15-28(6)18(22(30)23(25)33-24(30)32)8-9-20-27(5)12-11-21(31)26(3,4)19(27)10-13-29(20,28)7/h18-20,22-23H,8-17H2,1-7H3/t18-,19+,20+,22+,23-,27+,28-,29-,30+/m1/s1. The number of ketones is 1. The summed E-state index contributed by atoms with van der Waals surface area (Å²) < 4.78 is 6.27. The molecule has 0 aromatic carbocycles. The average Bonchev–Trinajstić information content (AvgIpc) is 2.99. The van der Waals surface area contributed by atoms with Gasteiger partial charge in [0, 0.05) is 23.2 Å². The van der Waals surface area contributed by atoms with Crippen LogP contribution >= 0.6 is 0 Å². The number of rotatable bonds is 0. The molecule has 6 rings (SSSR count). The van der Waals surface area contributed by atoms with Gasteiger partial charge < -0.3 is 4.74 Å². The minimum absolute atomic E-state index is 0.0910. The zero-order valence-electron chi connectivity index (χ0n) is 22.2. The van der Waals surface area contributed by atoms with Crippen LogP contribution in [-0.4, -0.2) is 17.9 Å². The molecule has 0 spiro atoms. The highest BCUT2D eigenvalue weighted by Crippen LogP contribution is 2.77. The topological polar surface area (TPSA) is 43.4 Å². The molecule has 6 fully saturated rings. The van der Waals surface area contributed by atoms with Gasteiger partial charge in [-0.3, -0.25) is 9.59 Å². The minimum atomic E-state index is -0.200. The lowest BCUT2D eigenvalue weighted by Gasteiger charge is -2.72. The summed E-state index contributed by atoms with van der Waals surface area (Å²) in [5.74, 6) is 2.80. The summed E-state index contributed by atoms with van der Waals surface area (Å²) in [5, 5.41) is 0. The maximum absolute atomic E-state index is 13.3. The quantitative estimate of drug-likeness (QED) is 0.371. The van der Waals surface area contributed by atoms with Crippen LogP contribution in [0.15, 0.2) is 0 Å². The Labute approximate surface area is 201 Å². The first kappa shape index (κ1) is 22.6. The van der Waals surface area contributed by atoms with Crippen molar-refractivity contribution in [2.45, 2.75) is 119 Å². The van der Waals surface area contributed by atoms with E-state index >= 15 is 0 Å². The zero-order valence-corrected chi connectivity index (χ0v) is 22.2. The van der Waals surface area contributed by atoms with Crippen LogP contribution < -0.4 is 0 Å². The van der Waals surface area contributed by atoms with E-state index in [0.29, 0.717) is 29.5 Å². The molecule has 5 saturated carbocycles. The van der Waals surface area contributed by atoms with Crippen molar-refractivity contribution < 1.29 is 14.3 Å². The van der Waals surface area contributed by atoms with Crippen LogP contribution in [0.3, 0.4) is 0 Å². The number of ether oxygens (including phenoxy) is 1. The zero-order chi connectivity index (χ0) is 23.8. The molecule has 0 amide bonds. The smallest absolute Gasteiger partial charge is 0.312 e. The Balaban J connectivity index is 1.42. The van der Waals surface area contributed by atoms with E-state index < -0.39 is 0 Å². The van der Waals surface area contributed by atoms with Gasteiger partial charge in [-0.2, -0.15) is 0 Å². The molecule has 0 N–H and O–H groups in total. The second kappa shape index (κ2) is 6.28. The summed E-state index contributed by atoms with van der Waals surface area (Å²) in [5.41, 5.74) is 0.494. The highest BCUT2D eigenvalue weighted by molar-refractivity contribution is 5.85. The van der Waals surface area contributed by atoms with Crippen LogP contribution in [0, 0.1) is 56.2 Å². The number of fused-ring (bicyclic) bond motifs is 5. The van der Waals surface area contributed by atoms with Crippen molar-refractivity contribution in [2.24, 2.45) is 56.2 Å². The number of hydrogen-bond acceptors (Lipinski definition) is 3. The fourth-order valence-corrected chi connectivity index (χ4v) is 11.6. The van der Waals surface area contributed by atoms with E-state index in [4.69, 9.17) is 4.74 Å². The Morgan fingerprint density at radius 3 is 2.15 bits per heavy atom. The van der Waals surface area contributed by atoms with Crippen molar-refractivity contribution in [1.82, 2.24) is 0 Å². The van der Waals surface area contributed by atoms with E-state index in [0.717, 1.165) is 32.1 Å². The van der Waals surface area contributed by atoms with Crippen molar-refractivity contribution in [2.75, 3.05) is 0 Å². The monoisotopic (exact) mass is 454 g/mol. The molecule has 0 unspecified atom stereocenters. The van der Waals surface area contributed by atoms with Crippen LogP contribution in [-0.2, 0) is 14.3 Å². The van der Waals surface area contributed by atoms with Crippen molar-refractivity contribution in [3.63, 3.8) is 0 Å². The first-order chi connectivity index (χ1) is 15.2. The average molecular weight is 455 g/mol. The lowest BCUT2D eigenvalue weighted by Crippen LogP contribution is -2.67. The van der Waals surface area contributed by atoms with Gasteiger partial charge in [0.05, 0.1) is 5.41 Å². The van der Waals surface area contributed by atoms with E-state index in [2.05, 4.69) is 48.5 Å². The third-order valence-electron chi connectivity index (χ3n) is 13.8. The van der Waals surface area contributed by atoms with Crippen molar-refractivity contribution in [3.8, 4) is 0 Å². The molecule has 0 radical (unpaired) electrons. The maximum Gasteiger partial charge on any atom is 0.312 e. The highest BCUT2D eigenvalue weighted by atomic mass is 16.6. The minimum Gasteiger partial charge on any atom is -0.461 e. The predicted octanol–water partition coefficient (Wildman–Crippen LogP) is 6.97. The van der Waals surface area contributed by atoms with Gasteiger partial charge in [0.15, 0.2) is 0 Å².